The molecule has 0 aliphatic heterocycles. The highest BCUT2D eigenvalue weighted by Gasteiger charge is 2.18. The third kappa shape index (κ3) is 3.61. The number of sulfone groups is 1. The van der Waals surface area contributed by atoms with Gasteiger partial charge < -0.3 is 5.32 Å². The Morgan fingerprint density at radius 3 is 2.70 bits per heavy atom. The van der Waals surface area contributed by atoms with E-state index in [0.717, 1.165) is 38.5 Å². The standard InChI is InChI=1S/C16H25NO2S/c1-3-15(17-2)8-5-11-20(18,19)16-10-9-13-6-4-7-14(13)12-16/h9-10,12,15,17H,3-8,11H2,1-2H3. The molecule has 1 N–H and O–H groups in total. The van der Waals surface area contributed by atoms with Crippen molar-refractivity contribution < 1.29 is 8.42 Å². The quantitative estimate of drug-likeness (QED) is 0.841. The van der Waals surface area contributed by atoms with Crippen LogP contribution >= 0.6 is 0 Å². The molecule has 1 aliphatic rings. The van der Waals surface area contributed by atoms with Gasteiger partial charge in [0, 0.05) is 6.04 Å². The largest absolute Gasteiger partial charge is 0.317 e. The van der Waals surface area contributed by atoms with Gasteiger partial charge in [0.1, 0.15) is 0 Å². The Balaban J connectivity index is 2.00. The molecule has 0 saturated heterocycles. The van der Waals surface area contributed by atoms with Gasteiger partial charge in [-0.05, 0) is 68.8 Å². The van der Waals surface area contributed by atoms with Crippen LogP contribution in [0.4, 0.5) is 0 Å². The first-order valence-corrected chi connectivity index (χ1v) is 9.24. The SMILES string of the molecule is CCC(CCCS(=O)(=O)c1ccc2c(c1)CCC2)NC. The number of benzene rings is 1. The summed E-state index contributed by atoms with van der Waals surface area (Å²) in [6.07, 6.45) is 5.94. The highest BCUT2D eigenvalue weighted by atomic mass is 32.2. The fourth-order valence-electron chi connectivity index (χ4n) is 2.93. The van der Waals surface area contributed by atoms with E-state index in [4.69, 9.17) is 0 Å². The second-order valence-electron chi connectivity index (χ2n) is 5.64. The van der Waals surface area contributed by atoms with Gasteiger partial charge in [0.25, 0.3) is 0 Å². The van der Waals surface area contributed by atoms with E-state index in [1.54, 1.807) is 6.07 Å². The van der Waals surface area contributed by atoms with Gasteiger partial charge in [0.15, 0.2) is 9.84 Å². The molecule has 3 nitrogen and oxygen atoms in total. The van der Waals surface area contributed by atoms with E-state index in [2.05, 4.69) is 12.2 Å². The Labute approximate surface area is 122 Å². The molecular formula is C16H25NO2S. The van der Waals surface area contributed by atoms with Gasteiger partial charge in [-0.1, -0.05) is 13.0 Å². The lowest BCUT2D eigenvalue weighted by Gasteiger charge is -2.13. The Morgan fingerprint density at radius 1 is 1.25 bits per heavy atom. The molecule has 1 atom stereocenters. The summed E-state index contributed by atoms with van der Waals surface area (Å²) >= 11 is 0. The van der Waals surface area contributed by atoms with Crippen molar-refractivity contribution in [3.63, 3.8) is 0 Å². The number of hydrogen-bond donors (Lipinski definition) is 1. The predicted octanol–water partition coefficient (Wildman–Crippen LogP) is 2.73. The fourth-order valence-corrected chi connectivity index (χ4v) is 4.31. The molecule has 0 bridgehead atoms. The molecule has 0 fully saturated rings. The summed E-state index contributed by atoms with van der Waals surface area (Å²) in [7, 11) is -1.19. The first kappa shape index (κ1) is 15.5. The lowest BCUT2D eigenvalue weighted by Crippen LogP contribution is -2.24. The Bertz CT molecular complexity index is 548. The summed E-state index contributed by atoms with van der Waals surface area (Å²) < 4.78 is 24.7. The molecule has 1 aliphatic carbocycles. The molecule has 0 aromatic heterocycles. The predicted molar refractivity (Wildman–Crippen MR) is 82.9 cm³/mol. The molecule has 20 heavy (non-hydrogen) atoms. The summed E-state index contributed by atoms with van der Waals surface area (Å²) in [5.41, 5.74) is 2.55. The topological polar surface area (TPSA) is 46.2 Å². The van der Waals surface area contributed by atoms with Gasteiger partial charge in [0.05, 0.1) is 10.6 Å². The zero-order valence-corrected chi connectivity index (χ0v) is 13.3. The van der Waals surface area contributed by atoms with Gasteiger partial charge in [-0.25, -0.2) is 8.42 Å². The maximum atomic E-state index is 12.4. The third-order valence-corrected chi connectivity index (χ3v) is 6.09. The highest BCUT2D eigenvalue weighted by molar-refractivity contribution is 7.91. The van der Waals surface area contributed by atoms with Crippen molar-refractivity contribution in [1.82, 2.24) is 5.32 Å². The van der Waals surface area contributed by atoms with E-state index in [1.165, 1.54) is 11.1 Å². The van der Waals surface area contributed by atoms with Crippen LogP contribution in [0, 0.1) is 0 Å². The van der Waals surface area contributed by atoms with Crippen LogP contribution in [0.1, 0.15) is 43.7 Å². The van der Waals surface area contributed by atoms with Crippen molar-refractivity contribution in [1.29, 1.82) is 0 Å². The van der Waals surface area contributed by atoms with E-state index in [9.17, 15) is 8.42 Å². The van der Waals surface area contributed by atoms with Crippen molar-refractivity contribution in [2.75, 3.05) is 12.8 Å². The van der Waals surface area contributed by atoms with Crippen LogP contribution < -0.4 is 5.32 Å². The zero-order chi connectivity index (χ0) is 14.6. The van der Waals surface area contributed by atoms with Crippen LogP contribution in [-0.2, 0) is 22.7 Å². The van der Waals surface area contributed by atoms with Crippen molar-refractivity contribution >= 4 is 9.84 Å². The van der Waals surface area contributed by atoms with Crippen molar-refractivity contribution in [3.8, 4) is 0 Å². The second-order valence-corrected chi connectivity index (χ2v) is 7.75. The maximum absolute atomic E-state index is 12.4. The normalized spacial score (nSPS) is 16.1. The first-order valence-electron chi connectivity index (χ1n) is 7.58. The number of nitrogens with one attached hydrogen (secondary N) is 1. The highest BCUT2D eigenvalue weighted by Crippen LogP contribution is 2.25. The molecule has 0 amide bonds. The van der Waals surface area contributed by atoms with Crippen LogP contribution in [0.5, 0.6) is 0 Å². The minimum atomic E-state index is -3.12. The summed E-state index contributed by atoms with van der Waals surface area (Å²) in [4.78, 5) is 0.510. The van der Waals surface area contributed by atoms with E-state index < -0.39 is 9.84 Å². The van der Waals surface area contributed by atoms with Gasteiger partial charge >= 0.3 is 0 Å². The molecule has 0 spiro atoms. The first-order chi connectivity index (χ1) is 9.56. The van der Waals surface area contributed by atoms with Crippen molar-refractivity contribution in [2.45, 2.75) is 56.4 Å². The lowest BCUT2D eigenvalue weighted by atomic mass is 10.1. The van der Waals surface area contributed by atoms with E-state index >= 15 is 0 Å². The van der Waals surface area contributed by atoms with E-state index in [-0.39, 0.29) is 5.75 Å². The molecule has 0 radical (unpaired) electrons. The molecule has 0 heterocycles. The molecule has 1 unspecified atom stereocenters. The Hall–Kier alpha value is -0.870. The van der Waals surface area contributed by atoms with E-state index in [1.807, 2.05) is 19.2 Å². The van der Waals surface area contributed by atoms with E-state index in [0.29, 0.717) is 10.9 Å². The molecule has 2 rings (SSSR count). The number of aryl methyl sites for hydroxylation is 2. The average molecular weight is 295 g/mol. The van der Waals surface area contributed by atoms with Crippen molar-refractivity contribution in [2.24, 2.45) is 0 Å². The fraction of sp³-hybridized carbons (Fsp3) is 0.625. The number of fused-ring (bicyclic) bond motifs is 1. The monoisotopic (exact) mass is 295 g/mol. The second kappa shape index (κ2) is 6.72. The summed E-state index contributed by atoms with van der Waals surface area (Å²) in [5, 5.41) is 3.22. The van der Waals surface area contributed by atoms with Gasteiger partial charge in [-0.15, -0.1) is 0 Å². The average Bonchev–Trinajstić information content (AvgIpc) is 2.91. The van der Waals surface area contributed by atoms with Crippen molar-refractivity contribution in [3.05, 3.63) is 29.3 Å². The summed E-state index contributed by atoms with van der Waals surface area (Å²) in [6, 6.07) is 6.10. The van der Waals surface area contributed by atoms with Crippen LogP contribution in [0.25, 0.3) is 0 Å². The van der Waals surface area contributed by atoms with Gasteiger partial charge in [0.2, 0.25) is 0 Å². The van der Waals surface area contributed by atoms with Crippen LogP contribution in [0.2, 0.25) is 0 Å². The smallest absolute Gasteiger partial charge is 0.178 e. The molecule has 1 aromatic carbocycles. The number of rotatable bonds is 7. The summed E-state index contributed by atoms with van der Waals surface area (Å²) in [5.74, 6) is 0.254. The van der Waals surface area contributed by atoms with Crippen LogP contribution in [0.15, 0.2) is 23.1 Å². The zero-order valence-electron chi connectivity index (χ0n) is 12.5. The Kier molecular flexibility index (Phi) is 5.22. The minimum absolute atomic E-state index is 0.254. The Morgan fingerprint density at radius 2 is 2.00 bits per heavy atom. The molecule has 1 aromatic rings. The number of hydrogen-bond acceptors (Lipinski definition) is 3. The molecule has 4 heteroatoms. The van der Waals surface area contributed by atoms with Gasteiger partial charge in [-0.3, -0.25) is 0 Å². The molecule has 112 valence electrons. The maximum Gasteiger partial charge on any atom is 0.178 e. The molecule has 0 saturated carbocycles. The third-order valence-electron chi connectivity index (χ3n) is 4.30. The summed E-state index contributed by atoms with van der Waals surface area (Å²) in [6.45, 7) is 2.12. The van der Waals surface area contributed by atoms with Crippen LogP contribution in [-0.4, -0.2) is 27.3 Å². The minimum Gasteiger partial charge on any atom is -0.317 e. The lowest BCUT2D eigenvalue weighted by molar-refractivity contribution is 0.500. The van der Waals surface area contributed by atoms with Gasteiger partial charge in [-0.2, -0.15) is 0 Å². The van der Waals surface area contributed by atoms with Crippen LogP contribution in [0.3, 0.4) is 0 Å². The molecular weight excluding hydrogens is 270 g/mol.